The first-order chi connectivity index (χ1) is 7.03. The fourth-order valence-corrected chi connectivity index (χ4v) is 1.80. The third-order valence-corrected chi connectivity index (χ3v) is 3.75. The molecule has 0 aliphatic heterocycles. The minimum absolute atomic E-state index is 0.0998. The number of hydrogen-bond donors (Lipinski definition) is 1. The lowest BCUT2D eigenvalue weighted by Gasteiger charge is -2.15. The molecule has 15 heavy (non-hydrogen) atoms. The minimum Gasteiger partial charge on any atom is -0.388 e. The Morgan fingerprint density at radius 2 is 2.20 bits per heavy atom. The average molecular weight is 229 g/mol. The van der Waals surface area contributed by atoms with E-state index in [1.807, 2.05) is 0 Å². The van der Waals surface area contributed by atoms with E-state index in [2.05, 4.69) is 29.7 Å². The Kier molecular flexibility index (Phi) is 4.43. The molecule has 0 amide bonds. The van der Waals surface area contributed by atoms with E-state index in [-0.39, 0.29) is 6.61 Å². The number of aliphatic hydroxyl groups is 1. The van der Waals surface area contributed by atoms with Gasteiger partial charge in [-0.15, -0.1) is 0 Å². The molecule has 86 valence electrons. The van der Waals surface area contributed by atoms with E-state index >= 15 is 0 Å². The van der Waals surface area contributed by atoms with Gasteiger partial charge in [0.1, 0.15) is 19.7 Å². The molecule has 0 saturated carbocycles. The molecule has 0 atom stereocenters. The Balaban J connectivity index is 2.26. The normalized spacial score (nSPS) is 12.0. The molecule has 5 nitrogen and oxygen atoms in total. The van der Waals surface area contributed by atoms with Gasteiger partial charge in [-0.1, -0.05) is 19.6 Å². The van der Waals surface area contributed by atoms with Gasteiger partial charge in [-0.05, 0) is 6.04 Å². The summed E-state index contributed by atoms with van der Waals surface area (Å²) in [6.45, 7) is 7.96. The summed E-state index contributed by atoms with van der Waals surface area (Å²) in [7, 11) is -1.02. The van der Waals surface area contributed by atoms with E-state index in [9.17, 15) is 0 Å². The molecular weight excluding hydrogens is 210 g/mol. The quantitative estimate of drug-likeness (QED) is 0.586. The zero-order valence-electron chi connectivity index (χ0n) is 9.60. The van der Waals surface area contributed by atoms with Gasteiger partial charge in [-0.3, -0.25) is 0 Å². The first-order valence-electron chi connectivity index (χ1n) is 5.08. The molecule has 1 heterocycles. The van der Waals surface area contributed by atoms with E-state index < -0.39 is 8.07 Å². The highest BCUT2D eigenvalue weighted by molar-refractivity contribution is 6.76. The predicted octanol–water partition coefficient (Wildman–Crippen LogP) is 1.08. The Morgan fingerprint density at radius 1 is 1.47 bits per heavy atom. The van der Waals surface area contributed by atoms with E-state index in [1.165, 1.54) is 6.33 Å². The topological polar surface area (TPSA) is 60.2 Å². The van der Waals surface area contributed by atoms with Crippen LogP contribution in [0.2, 0.25) is 25.7 Å². The molecule has 1 aromatic heterocycles. The Labute approximate surface area is 91.1 Å². The van der Waals surface area contributed by atoms with Crippen LogP contribution in [-0.4, -0.2) is 34.6 Å². The van der Waals surface area contributed by atoms with Crippen molar-refractivity contribution in [3.05, 3.63) is 12.2 Å². The Morgan fingerprint density at radius 3 is 2.80 bits per heavy atom. The second kappa shape index (κ2) is 5.39. The van der Waals surface area contributed by atoms with Crippen molar-refractivity contribution < 1.29 is 9.84 Å². The molecule has 1 N–H and O–H groups in total. The first kappa shape index (κ1) is 12.3. The van der Waals surface area contributed by atoms with Crippen molar-refractivity contribution >= 4 is 8.07 Å². The Bertz CT molecular complexity index is 296. The maximum Gasteiger partial charge on any atom is 0.155 e. The fourth-order valence-electron chi connectivity index (χ4n) is 1.05. The van der Waals surface area contributed by atoms with Gasteiger partial charge in [-0.25, -0.2) is 9.67 Å². The highest BCUT2D eigenvalue weighted by atomic mass is 28.3. The van der Waals surface area contributed by atoms with Crippen molar-refractivity contribution in [2.45, 2.75) is 39.0 Å². The van der Waals surface area contributed by atoms with Gasteiger partial charge in [0.2, 0.25) is 0 Å². The van der Waals surface area contributed by atoms with Gasteiger partial charge in [0.15, 0.2) is 5.82 Å². The largest absolute Gasteiger partial charge is 0.388 e. The summed E-state index contributed by atoms with van der Waals surface area (Å²) >= 11 is 0. The summed E-state index contributed by atoms with van der Waals surface area (Å²) < 4.78 is 7.05. The van der Waals surface area contributed by atoms with Crippen LogP contribution in [0, 0.1) is 0 Å². The van der Waals surface area contributed by atoms with Crippen molar-refractivity contribution in [3.63, 3.8) is 0 Å². The van der Waals surface area contributed by atoms with E-state index in [4.69, 9.17) is 9.84 Å². The molecule has 1 aromatic rings. The lowest BCUT2D eigenvalue weighted by atomic mass is 10.6. The zero-order chi connectivity index (χ0) is 11.3. The second-order valence-electron chi connectivity index (χ2n) is 4.68. The molecule has 0 bridgehead atoms. The third kappa shape index (κ3) is 4.54. The smallest absolute Gasteiger partial charge is 0.155 e. The molecule has 0 saturated heterocycles. The van der Waals surface area contributed by atoms with Gasteiger partial charge in [0, 0.05) is 14.7 Å². The van der Waals surface area contributed by atoms with E-state index in [1.54, 1.807) is 4.68 Å². The molecule has 0 unspecified atom stereocenters. The minimum atomic E-state index is -1.02. The van der Waals surface area contributed by atoms with Crippen LogP contribution in [0.1, 0.15) is 5.82 Å². The number of hydrogen-bond acceptors (Lipinski definition) is 4. The van der Waals surface area contributed by atoms with Crippen molar-refractivity contribution in [1.29, 1.82) is 0 Å². The summed E-state index contributed by atoms with van der Waals surface area (Å²) in [4.78, 5) is 3.89. The van der Waals surface area contributed by atoms with E-state index in [0.717, 1.165) is 12.7 Å². The van der Waals surface area contributed by atoms with Crippen LogP contribution in [0.5, 0.6) is 0 Å². The number of ether oxygens (including phenoxy) is 1. The van der Waals surface area contributed by atoms with Gasteiger partial charge >= 0.3 is 0 Å². The van der Waals surface area contributed by atoms with Crippen LogP contribution < -0.4 is 0 Å². The van der Waals surface area contributed by atoms with Gasteiger partial charge in [0.05, 0.1) is 0 Å². The third-order valence-electron chi connectivity index (χ3n) is 2.05. The van der Waals surface area contributed by atoms with Crippen molar-refractivity contribution in [3.8, 4) is 0 Å². The van der Waals surface area contributed by atoms with Crippen LogP contribution in [0.4, 0.5) is 0 Å². The average Bonchev–Trinajstić information content (AvgIpc) is 2.58. The lowest BCUT2D eigenvalue weighted by molar-refractivity contribution is 0.0725. The highest BCUT2D eigenvalue weighted by Crippen LogP contribution is 2.07. The molecule has 0 aliphatic rings. The molecule has 0 aliphatic carbocycles. The summed E-state index contributed by atoms with van der Waals surface area (Å²) in [5.74, 6) is 0.544. The van der Waals surface area contributed by atoms with Crippen LogP contribution >= 0.6 is 0 Å². The predicted molar refractivity (Wildman–Crippen MR) is 60.0 cm³/mol. The lowest BCUT2D eigenvalue weighted by Crippen LogP contribution is -2.22. The monoisotopic (exact) mass is 229 g/mol. The maximum atomic E-state index is 8.92. The molecule has 0 fully saturated rings. The summed E-state index contributed by atoms with van der Waals surface area (Å²) in [6.07, 6.45) is 1.42. The van der Waals surface area contributed by atoms with Crippen LogP contribution in [0.15, 0.2) is 6.33 Å². The first-order valence-corrected chi connectivity index (χ1v) is 8.79. The standard InChI is InChI=1S/C9H19N3O2Si/c1-15(2,3)5-4-14-8-12-9(6-13)10-7-11-12/h7,13H,4-6,8H2,1-3H3. The summed E-state index contributed by atoms with van der Waals surface area (Å²) in [6, 6.07) is 1.14. The van der Waals surface area contributed by atoms with Gasteiger partial charge in [0.25, 0.3) is 0 Å². The summed E-state index contributed by atoms with van der Waals surface area (Å²) in [5, 5.41) is 12.9. The number of nitrogens with zero attached hydrogens (tertiary/aromatic N) is 3. The van der Waals surface area contributed by atoms with Crippen molar-refractivity contribution in [2.24, 2.45) is 0 Å². The number of aromatic nitrogens is 3. The molecule has 0 spiro atoms. The van der Waals surface area contributed by atoms with Gasteiger partial charge < -0.3 is 9.84 Å². The molecular formula is C9H19N3O2Si. The molecule has 0 aromatic carbocycles. The van der Waals surface area contributed by atoms with Crippen molar-refractivity contribution in [1.82, 2.24) is 14.8 Å². The van der Waals surface area contributed by atoms with Crippen LogP contribution in [0.3, 0.4) is 0 Å². The van der Waals surface area contributed by atoms with Gasteiger partial charge in [-0.2, -0.15) is 5.10 Å². The highest BCUT2D eigenvalue weighted by Gasteiger charge is 2.12. The fraction of sp³-hybridized carbons (Fsp3) is 0.778. The Hall–Kier alpha value is -0.723. The van der Waals surface area contributed by atoms with E-state index in [0.29, 0.717) is 12.6 Å². The van der Waals surface area contributed by atoms with Crippen LogP contribution in [-0.2, 0) is 18.1 Å². The molecule has 6 heteroatoms. The number of rotatable bonds is 6. The maximum absolute atomic E-state index is 8.92. The van der Waals surface area contributed by atoms with Crippen LogP contribution in [0.25, 0.3) is 0 Å². The van der Waals surface area contributed by atoms with Crippen molar-refractivity contribution in [2.75, 3.05) is 6.61 Å². The SMILES string of the molecule is C[Si](C)(C)CCOCn1ncnc1CO. The second-order valence-corrected chi connectivity index (χ2v) is 10.3. The number of aliphatic hydroxyl groups excluding tert-OH is 1. The molecule has 1 rings (SSSR count). The zero-order valence-corrected chi connectivity index (χ0v) is 10.6. The summed E-state index contributed by atoms with van der Waals surface area (Å²) in [5.41, 5.74) is 0. The molecule has 0 radical (unpaired) electrons.